The number of fused-ring (bicyclic) bond motifs is 2. The highest BCUT2D eigenvalue weighted by molar-refractivity contribution is 5.42. The Labute approximate surface area is 113 Å². The second-order valence-corrected chi connectivity index (χ2v) is 5.96. The van der Waals surface area contributed by atoms with Gasteiger partial charge in [-0.2, -0.15) is 0 Å². The van der Waals surface area contributed by atoms with Gasteiger partial charge in [-0.15, -0.1) is 0 Å². The number of benzene rings is 1. The number of para-hydroxylation sites is 1. The molecule has 3 heteroatoms. The summed E-state index contributed by atoms with van der Waals surface area (Å²) in [5.74, 6) is 2.59. The summed E-state index contributed by atoms with van der Waals surface area (Å²) >= 11 is 0. The fraction of sp³-hybridized carbons (Fsp3) is 0.375. The van der Waals surface area contributed by atoms with E-state index in [4.69, 9.17) is 9.72 Å². The van der Waals surface area contributed by atoms with Crippen molar-refractivity contribution in [3.63, 3.8) is 0 Å². The van der Waals surface area contributed by atoms with E-state index in [1.165, 1.54) is 5.56 Å². The Balaban J connectivity index is 2.02. The topological polar surface area (TPSA) is 35.0 Å². The van der Waals surface area contributed by atoms with Crippen LogP contribution in [0.2, 0.25) is 0 Å². The number of rotatable bonds is 0. The van der Waals surface area contributed by atoms with Gasteiger partial charge in [0.05, 0.1) is 11.9 Å². The monoisotopic (exact) mass is 254 g/mol. The smallest absolute Gasteiger partial charge is 0.167 e. The Morgan fingerprint density at radius 2 is 1.84 bits per heavy atom. The maximum absolute atomic E-state index is 5.95. The lowest BCUT2D eigenvalue weighted by molar-refractivity contribution is 0.465. The second-order valence-electron chi connectivity index (χ2n) is 5.96. The maximum atomic E-state index is 5.95. The zero-order chi connectivity index (χ0) is 13.5. The van der Waals surface area contributed by atoms with Crippen molar-refractivity contribution < 1.29 is 4.74 Å². The average Bonchev–Trinajstić information content (AvgIpc) is 2.55. The molecule has 0 radical (unpaired) electrons. The Morgan fingerprint density at radius 1 is 1.05 bits per heavy atom. The number of ether oxygens (including phenoxy) is 1. The summed E-state index contributed by atoms with van der Waals surface area (Å²) in [5.41, 5.74) is 2.21. The molecule has 2 heterocycles. The average molecular weight is 254 g/mol. The lowest BCUT2D eigenvalue weighted by Gasteiger charge is -2.17. The molecule has 0 unspecified atom stereocenters. The Hall–Kier alpha value is -1.90. The molecule has 0 saturated heterocycles. The molecule has 2 aromatic rings. The second kappa shape index (κ2) is 4.34. The van der Waals surface area contributed by atoms with Gasteiger partial charge in [0.2, 0.25) is 0 Å². The van der Waals surface area contributed by atoms with Crippen molar-refractivity contribution in [2.45, 2.75) is 39.0 Å². The summed E-state index contributed by atoms with van der Waals surface area (Å²) in [7, 11) is 0. The first-order chi connectivity index (χ1) is 9.04. The van der Waals surface area contributed by atoms with Crippen LogP contribution < -0.4 is 4.74 Å². The normalized spacial score (nSPS) is 14.1. The molecule has 1 aromatic carbocycles. The Bertz CT molecular complexity index is 614. The van der Waals surface area contributed by atoms with Crippen LogP contribution in [0, 0.1) is 0 Å². The summed E-state index contributed by atoms with van der Waals surface area (Å²) in [4.78, 5) is 9.13. The molecule has 0 fully saturated rings. The van der Waals surface area contributed by atoms with Crippen LogP contribution in [0.4, 0.5) is 0 Å². The quantitative estimate of drug-likeness (QED) is 0.719. The van der Waals surface area contributed by atoms with Crippen LogP contribution in [0.15, 0.2) is 30.5 Å². The minimum atomic E-state index is -0.0335. The molecule has 0 aliphatic carbocycles. The molecule has 0 N–H and O–H groups in total. The van der Waals surface area contributed by atoms with Gasteiger partial charge in [0.15, 0.2) is 5.75 Å². The van der Waals surface area contributed by atoms with E-state index in [9.17, 15) is 0 Å². The van der Waals surface area contributed by atoms with Crippen LogP contribution in [0.3, 0.4) is 0 Å². The van der Waals surface area contributed by atoms with E-state index in [1.54, 1.807) is 0 Å². The Kier molecular flexibility index (Phi) is 2.77. The minimum Gasteiger partial charge on any atom is -0.454 e. The molecule has 0 spiro atoms. The van der Waals surface area contributed by atoms with E-state index in [2.05, 4.69) is 31.8 Å². The van der Waals surface area contributed by atoms with Crippen LogP contribution in [0.5, 0.6) is 11.5 Å². The highest BCUT2D eigenvalue weighted by atomic mass is 16.5. The molecule has 19 heavy (non-hydrogen) atoms. The van der Waals surface area contributed by atoms with Crippen LogP contribution >= 0.6 is 0 Å². The van der Waals surface area contributed by atoms with Gasteiger partial charge in [0, 0.05) is 5.41 Å². The summed E-state index contributed by atoms with van der Waals surface area (Å²) in [6.07, 6.45) is 3.67. The van der Waals surface area contributed by atoms with E-state index >= 15 is 0 Å². The van der Waals surface area contributed by atoms with Crippen molar-refractivity contribution in [3.05, 3.63) is 47.5 Å². The number of hydrogen-bond acceptors (Lipinski definition) is 3. The highest BCUT2D eigenvalue weighted by Crippen LogP contribution is 2.33. The molecule has 0 saturated carbocycles. The number of aryl methyl sites for hydroxylation is 2. The molecular weight excluding hydrogens is 236 g/mol. The van der Waals surface area contributed by atoms with Crippen LogP contribution in [0.1, 0.15) is 37.9 Å². The third-order valence-corrected chi connectivity index (χ3v) is 3.32. The van der Waals surface area contributed by atoms with Crippen molar-refractivity contribution in [3.8, 4) is 11.5 Å². The number of aromatic nitrogens is 2. The van der Waals surface area contributed by atoms with E-state index in [-0.39, 0.29) is 5.41 Å². The van der Waals surface area contributed by atoms with E-state index in [1.807, 2.05) is 24.4 Å². The van der Waals surface area contributed by atoms with Crippen molar-refractivity contribution in [1.29, 1.82) is 0 Å². The molecule has 3 nitrogen and oxygen atoms in total. The van der Waals surface area contributed by atoms with E-state index in [0.29, 0.717) is 0 Å². The fourth-order valence-corrected chi connectivity index (χ4v) is 2.21. The van der Waals surface area contributed by atoms with Gasteiger partial charge in [-0.3, -0.25) is 0 Å². The first-order valence-electron chi connectivity index (χ1n) is 6.66. The van der Waals surface area contributed by atoms with Crippen molar-refractivity contribution in [1.82, 2.24) is 9.97 Å². The molecule has 1 aliphatic rings. The number of hydrogen-bond donors (Lipinski definition) is 0. The summed E-state index contributed by atoms with van der Waals surface area (Å²) < 4.78 is 5.95. The zero-order valence-electron chi connectivity index (χ0n) is 11.6. The summed E-state index contributed by atoms with van der Waals surface area (Å²) in [6, 6.07) is 8.15. The molecule has 3 rings (SSSR count). The third kappa shape index (κ3) is 2.33. The number of nitrogens with zero attached hydrogens (tertiary/aromatic N) is 2. The highest BCUT2D eigenvalue weighted by Gasteiger charge is 2.21. The first kappa shape index (κ1) is 12.2. The Morgan fingerprint density at radius 3 is 2.63 bits per heavy atom. The maximum Gasteiger partial charge on any atom is 0.167 e. The van der Waals surface area contributed by atoms with Crippen molar-refractivity contribution in [2.75, 3.05) is 0 Å². The van der Waals surface area contributed by atoms with Crippen LogP contribution in [0.25, 0.3) is 0 Å². The summed E-state index contributed by atoms with van der Waals surface area (Å²) in [6.45, 7) is 6.38. The minimum absolute atomic E-state index is 0.0335. The SMILES string of the molecule is CC(C)(C)c1ncc2c(n1)CCc1ccccc1O2. The predicted octanol–water partition coefficient (Wildman–Crippen LogP) is 3.67. The molecule has 1 aliphatic heterocycles. The van der Waals surface area contributed by atoms with E-state index in [0.717, 1.165) is 35.9 Å². The van der Waals surface area contributed by atoms with Gasteiger partial charge in [-0.25, -0.2) is 9.97 Å². The van der Waals surface area contributed by atoms with Gasteiger partial charge in [0.1, 0.15) is 11.6 Å². The molecule has 98 valence electrons. The first-order valence-corrected chi connectivity index (χ1v) is 6.66. The fourth-order valence-electron chi connectivity index (χ4n) is 2.21. The van der Waals surface area contributed by atoms with Crippen molar-refractivity contribution >= 4 is 0 Å². The predicted molar refractivity (Wildman–Crippen MR) is 74.7 cm³/mol. The lowest BCUT2D eigenvalue weighted by atomic mass is 9.95. The standard InChI is InChI=1S/C16H18N2O/c1-16(2,3)15-17-10-14-12(18-15)9-8-11-6-4-5-7-13(11)19-14/h4-7,10H,8-9H2,1-3H3. The van der Waals surface area contributed by atoms with Gasteiger partial charge < -0.3 is 4.74 Å². The van der Waals surface area contributed by atoms with Crippen molar-refractivity contribution in [2.24, 2.45) is 0 Å². The largest absolute Gasteiger partial charge is 0.454 e. The van der Waals surface area contributed by atoms with Gasteiger partial charge >= 0.3 is 0 Å². The lowest BCUT2D eigenvalue weighted by Crippen LogP contribution is -2.17. The third-order valence-electron chi connectivity index (χ3n) is 3.32. The van der Waals surface area contributed by atoms with Gasteiger partial charge in [-0.05, 0) is 24.5 Å². The van der Waals surface area contributed by atoms with Crippen LogP contribution in [-0.2, 0) is 18.3 Å². The van der Waals surface area contributed by atoms with Gasteiger partial charge in [0.25, 0.3) is 0 Å². The molecule has 0 amide bonds. The molecule has 1 aromatic heterocycles. The molecular formula is C16H18N2O. The van der Waals surface area contributed by atoms with Gasteiger partial charge in [-0.1, -0.05) is 39.0 Å². The van der Waals surface area contributed by atoms with Crippen LogP contribution in [-0.4, -0.2) is 9.97 Å². The van der Waals surface area contributed by atoms with E-state index < -0.39 is 0 Å². The summed E-state index contributed by atoms with van der Waals surface area (Å²) in [5, 5.41) is 0. The molecule has 0 bridgehead atoms. The molecule has 0 atom stereocenters. The zero-order valence-corrected chi connectivity index (χ0v) is 11.6.